The van der Waals surface area contributed by atoms with E-state index in [0.717, 1.165) is 16.7 Å². The largest absolute Gasteiger partial charge is 0.495 e. The number of nitrogens with two attached hydrogens (primary N) is 2. The van der Waals surface area contributed by atoms with Crippen molar-refractivity contribution in [2.24, 2.45) is 0 Å². The van der Waals surface area contributed by atoms with Gasteiger partial charge in [-0.2, -0.15) is 0 Å². The second kappa shape index (κ2) is 10.5. The summed E-state index contributed by atoms with van der Waals surface area (Å²) in [5.74, 6) is 0.542. The Morgan fingerprint density at radius 2 is 1.68 bits per heavy atom. The Hall–Kier alpha value is -4.36. The van der Waals surface area contributed by atoms with E-state index in [0.29, 0.717) is 41.6 Å². The lowest BCUT2D eigenvalue weighted by atomic mass is 10.1. The summed E-state index contributed by atoms with van der Waals surface area (Å²) in [7, 11) is 1.57. The summed E-state index contributed by atoms with van der Waals surface area (Å²) >= 11 is 0. The van der Waals surface area contributed by atoms with Gasteiger partial charge in [-0.05, 0) is 47.5 Å². The number of nitrogens with zero attached hydrogens (tertiary/aromatic N) is 1. The SMILES string of the molecule is COc1cc(COCc2ccccc2)ccc1NC(=O)c1cccc(-c2ccc(N)c(N)n2)c1. The first-order valence-corrected chi connectivity index (χ1v) is 10.8. The van der Waals surface area contributed by atoms with Gasteiger partial charge in [0.2, 0.25) is 0 Å². The van der Waals surface area contributed by atoms with E-state index in [1.165, 1.54) is 0 Å². The molecule has 5 N–H and O–H groups in total. The van der Waals surface area contributed by atoms with Crippen LogP contribution in [0.5, 0.6) is 5.75 Å². The van der Waals surface area contributed by atoms with Crippen molar-refractivity contribution in [2.45, 2.75) is 13.2 Å². The van der Waals surface area contributed by atoms with Crippen molar-refractivity contribution in [3.05, 3.63) is 102 Å². The fourth-order valence-electron chi connectivity index (χ4n) is 3.45. The van der Waals surface area contributed by atoms with Crippen LogP contribution in [-0.2, 0) is 18.0 Å². The van der Waals surface area contributed by atoms with Gasteiger partial charge in [-0.3, -0.25) is 4.79 Å². The molecule has 0 saturated carbocycles. The summed E-state index contributed by atoms with van der Waals surface area (Å²) in [4.78, 5) is 17.2. The summed E-state index contributed by atoms with van der Waals surface area (Å²) in [6, 6.07) is 26.2. The minimum Gasteiger partial charge on any atom is -0.495 e. The first-order valence-electron chi connectivity index (χ1n) is 10.8. The molecule has 0 spiro atoms. The normalized spacial score (nSPS) is 10.6. The van der Waals surface area contributed by atoms with E-state index in [1.807, 2.05) is 54.6 Å². The van der Waals surface area contributed by atoms with E-state index < -0.39 is 0 Å². The number of carbonyl (C=O) groups is 1. The summed E-state index contributed by atoms with van der Waals surface area (Å²) in [5.41, 5.74) is 16.5. The van der Waals surface area contributed by atoms with Crippen LogP contribution < -0.4 is 21.5 Å². The highest BCUT2D eigenvalue weighted by molar-refractivity contribution is 6.05. The number of aromatic nitrogens is 1. The molecule has 1 aromatic heterocycles. The molecule has 0 radical (unpaired) electrons. The van der Waals surface area contributed by atoms with E-state index >= 15 is 0 Å². The van der Waals surface area contributed by atoms with Gasteiger partial charge in [0.25, 0.3) is 5.91 Å². The van der Waals surface area contributed by atoms with Crippen LogP contribution in [0.25, 0.3) is 11.3 Å². The van der Waals surface area contributed by atoms with E-state index in [1.54, 1.807) is 37.4 Å². The highest BCUT2D eigenvalue weighted by Crippen LogP contribution is 2.28. The Morgan fingerprint density at radius 3 is 2.44 bits per heavy atom. The molecule has 4 rings (SSSR count). The van der Waals surface area contributed by atoms with E-state index in [4.69, 9.17) is 20.9 Å². The lowest BCUT2D eigenvalue weighted by molar-refractivity contribution is 0.102. The zero-order valence-corrected chi connectivity index (χ0v) is 18.8. The predicted molar refractivity (Wildman–Crippen MR) is 134 cm³/mol. The highest BCUT2D eigenvalue weighted by atomic mass is 16.5. The van der Waals surface area contributed by atoms with Crippen molar-refractivity contribution < 1.29 is 14.3 Å². The fraction of sp³-hybridized carbons (Fsp3) is 0.111. The maximum Gasteiger partial charge on any atom is 0.255 e. The average molecular weight is 455 g/mol. The third-order valence-electron chi connectivity index (χ3n) is 5.27. The minimum absolute atomic E-state index is 0.255. The van der Waals surface area contributed by atoms with Crippen molar-refractivity contribution in [1.29, 1.82) is 0 Å². The van der Waals surface area contributed by atoms with Crippen molar-refractivity contribution in [3.63, 3.8) is 0 Å². The number of carbonyl (C=O) groups excluding carboxylic acids is 1. The van der Waals surface area contributed by atoms with Crippen molar-refractivity contribution in [3.8, 4) is 17.0 Å². The van der Waals surface area contributed by atoms with Crippen LogP contribution in [0.3, 0.4) is 0 Å². The molecule has 0 aliphatic carbocycles. The van der Waals surface area contributed by atoms with Crippen LogP contribution in [0.2, 0.25) is 0 Å². The molecule has 34 heavy (non-hydrogen) atoms. The number of anilines is 3. The van der Waals surface area contributed by atoms with Crippen LogP contribution in [0, 0.1) is 0 Å². The third-order valence-corrected chi connectivity index (χ3v) is 5.27. The van der Waals surface area contributed by atoms with Crippen LogP contribution in [-0.4, -0.2) is 18.0 Å². The molecule has 1 amide bonds. The van der Waals surface area contributed by atoms with Crippen molar-refractivity contribution in [1.82, 2.24) is 4.98 Å². The van der Waals surface area contributed by atoms with Gasteiger partial charge in [0, 0.05) is 11.1 Å². The predicted octanol–water partition coefficient (Wildman–Crippen LogP) is 4.89. The number of nitrogens with one attached hydrogen (secondary N) is 1. The third kappa shape index (κ3) is 5.51. The maximum atomic E-state index is 12.9. The zero-order valence-electron chi connectivity index (χ0n) is 18.8. The van der Waals surface area contributed by atoms with E-state index in [-0.39, 0.29) is 11.7 Å². The molecule has 4 aromatic rings. The molecular formula is C27H26N4O3. The summed E-state index contributed by atoms with van der Waals surface area (Å²) in [6.45, 7) is 0.950. The Kier molecular flexibility index (Phi) is 7.05. The Labute approximate surface area is 198 Å². The van der Waals surface area contributed by atoms with E-state index in [2.05, 4.69) is 10.3 Å². The average Bonchev–Trinajstić information content (AvgIpc) is 2.87. The van der Waals surface area contributed by atoms with E-state index in [9.17, 15) is 4.79 Å². The molecule has 172 valence electrons. The smallest absolute Gasteiger partial charge is 0.255 e. The second-order valence-electron chi connectivity index (χ2n) is 7.72. The monoisotopic (exact) mass is 454 g/mol. The van der Waals surface area contributed by atoms with Gasteiger partial charge in [0.1, 0.15) is 11.6 Å². The summed E-state index contributed by atoms with van der Waals surface area (Å²) < 4.78 is 11.3. The molecule has 0 atom stereocenters. The summed E-state index contributed by atoms with van der Waals surface area (Å²) in [6.07, 6.45) is 0. The molecule has 0 aliphatic rings. The molecule has 1 heterocycles. The Bertz CT molecular complexity index is 1290. The van der Waals surface area contributed by atoms with Crippen LogP contribution in [0.4, 0.5) is 17.2 Å². The van der Waals surface area contributed by atoms with Gasteiger partial charge in [-0.1, -0.05) is 48.5 Å². The number of nitrogen functional groups attached to an aromatic ring is 2. The van der Waals surface area contributed by atoms with Crippen molar-refractivity contribution >= 4 is 23.1 Å². The maximum absolute atomic E-state index is 12.9. The molecule has 0 aliphatic heterocycles. The number of hydrogen-bond donors (Lipinski definition) is 3. The van der Waals surface area contributed by atoms with Gasteiger partial charge < -0.3 is 26.3 Å². The lowest BCUT2D eigenvalue weighted by Crippen LogP contribution is -2.13. The van der Waals surface area contributed by atoms with Gasteiger partial charge in [0.15, 0.2) is 0 Å². The van der Waals surface area contributed by atoms with Crippen LogP contribution in [0.1, 0.15) is 21.5 Å². The fourth-order valence-corrected chi connectivity index (χ4v) is 3.45. The number of hydrogen-bond acceptors (Lipinski definition) is 6. The number of rotatable bonds is 8. The van der Waals surface area contributed by atoms with Crippen LogP contribution in [0.15, 0.2) is 84.9 Å². The number of pyridine rings is 1. The minimum atomic E-state index is -0.267. The Balaban J connectivity index is 1.44. The molecule has 3 aromatic carbocycles. The molecular weight excluding hydrogens is 428 g/mol. The topological polar surface area (TPSA) is 112 Å². The van der Waals surface area contributed by atoms with Gasteiger partial charge in [-0.15, -0.1) is 0 Å². The Morgan fingerprint density at radius 1 is 0.882 bits per heavy atom. The van der Waals surface area contributed by atoms with Gasteiger partial charge in [0.05, 0.1) is 37.4 Å². The first kappa shape index (κ1) is 22.8. The molecule has 0 saturated heterocycles. The van der Waals surface area contributed by atoms with Crippen molar-refractivity contribution in [2.75, 3.05) is 23.9 Å². The molecule has 0 fully saturated rings. The van der Waals surface area contributed by atoms with Crippen LogP contribution >= 0.6 is 0 Å². The van der Waals surface area contributed by atoms with Gasteiger partial charge in [-0.25, -0.2) is 4.98 Å². The molecule has 7 heteroatoms. The number of ether oxygens (including phenoxy) is 2. The number of amides is 1. The second-order valence-corrected chi connectivity index (χ2v) is 7.72. The quantitative estimate of drug-likeness (QED) is 0.349. The molecule has 7 nitrogen and oxygen atoms in total. The zero-order chi connectivity index (χ0) is 23.9. The first-order chi connectivity index (χ1) is 16.5. The number of methoxy groups -OCH3 is 1. The molecule has 0 unspecified atom stereocenters. The summed E-state index contributed by atoms with van der Waals surface area (Å²) in [5, 5.41) is 2.92. The molecule has 0 bridgehead atoms. The standard InChI is InChI=1S/C27H26N4O3/c1-33-25-14-19(17-34-16-18-6-3-2-4-7-18)10-12-24(25)31-27(32)21-9-5-8-20(15-21)23-13-11-22(28)26(29)30-23/h2-15H,16-17,28H2,1H3,(H2,29,30)(H,31,32). The van der Waals surface area contributed by atoms with Gasteiger partial charge >= 0.3 is 0 Å². The lowest BCUT2D eigenvalue weighted by Gasteiger charge is -2.13. The highest BCUT2D eigenvalue weighted by Gasteiger charge is 2.12. The number of benzene rings is 3.